The average molecular weight is 341 g/mol. The zero-order valence-electron chi connectivity index (χ0n) is 15.6. The number of allylic oxidation sites excluding steroid dienone is 1. The molecule has 0 saturated carbocycles. The molecule has 134 valence electrons. The van der Waals surface area contributed by atoms with Crippen LogP contribution in [0.4, 0.5) is 0 Å². The molecule has 0 spiro atoms. The van der Waals surface area contributed by atoms with E-state index in [1.165, 1.54) is 55.8 Å². The fourth-order valence-electron chi connectivity index (χ4n) is 3.99. The van der Waals surface area contributed by atoms with Crippen molar-refractivity contribution in [1.82, 2.24) is 0 Å². The Morgan fingerprint density at radius 2 is 1.87 bits per heavy atom. The van der Waals surface area contributed by atoms with Gasteiger partial charge in [-0.1, -0.05) is 26.8 Å². The molecular weight excluding hydrogens is 304 g/mol. The van der Waals surface area contributed by atoms with Crippen molar-refractivity contribution in [1.29, 1.82) is 0 Å². The van der Waals surface area contributed by atoms with E-state index in [0.29, 0.717) is 0 Å². The number of methoxy groups -OCH3 is 1. The van der Waals surface area contributed by atoms with Gasteiger partial charge in [-0.2, -0.15) is 0 Å². The number of hydrogen-bond donors (Lipinski definition) is 0. The maximum Gasteiger partial charge on any atom is 0.193 e. The molecule has 0 aromatic carbocycles. The van der Waals surface area contributed by atoms with Crippen molar-refractivity contribution in [2.75, 3.05) is 7.11 Å². The second kappa shape index (κ2) is 9.35. The lowest BCUT2D eigenvalue weighted by atomic mass is 9.90. The van der Waals surface area contributed by atoms with Gasteiger partial charge in [-0.3, -0.25) is 0 Å². The lowest BCUT2D eigenvalue weighted by molar-refractivity contribution is -0.197. The first-order chi connectivity index (χ1) is 11.2. The Hall–Kier alpha value is -0.163. The highest BCUT2D eigenvalue weighted by Crippen LogP contribution is 2.35. The predicted molar refractivity (Wildman–Crippen MR) is 98.1 cm³/mol. The zero-order chi connectivity index (χ0) is 16.7. The Balaban J connectivity index is 2.19. The van der Waals surface area contributed by atoms with Crippen LogP contribution in [0.15, 0.2) is 11.6 Å². The van der Waals surface area contributed by atoms with E-state index >= 15 is 0 Å². The highest BCUT2D eigenvalue weighted by Gasteiger charge is 2.39. The highest BCUT2D eigenvalue weighted by atomic mass is 28.4. The summed E-state index contributed by atoms with van der Waals surface area (Å²) in [4.78, 5) is 0. The lowest BCUT2D eigenvalue weighted by Crippen LogP contribution is -2.48. The molecule has 0 amide bonds. The summed E-state index contributed by atoms with van der Waals surface area (Å²) >= 11 is 0. The Bertz CT molecular complexity index is 371. The zero-order valence-corrected chi connectivity index (χ0v) is 16.6. The molecule has 1 saturated heterocycles. The van der Waals surface area contributed by atoms with Gasteiger partial charge in [-0.05, 0) is 68.7 Å². The van der Waals surface area contributed by atoms with E-state index in [2.05, 4.69) is 26.8 Å². The molecule has 0 unspecified atom stereocenters. The van der Waals surface area contributed by atoms with Crippen molar-refractivity contribution in [2.45, 2.75) is 102 Å². The van der Waals surface area contributed by atoms with Crippen molar-refractivity contribution >= 4 is 8.32 Å². The lowest BCUT2D eigenvalue weighted by Gasteiger charge is -2.41. The van der Waals surface area contributed by atoms with Crippen LogP contribution in [0.2, 0.25) is 18.1 Å². The van der Waals surface area contributed by atoms with E-state index in [0.717, 1.165) is 12.8 Å². The van der Waals surface area contributed by atoms with Crippen molar-refractivity contribution in [3.63, 3.8) is 0 Å². The maximum atomic E-state index is 6.95. The Labute approximate surface area is 143 Å². The highest BCUT2D eigenvalue weighted by molar-refractivity contribution is 6.73. The Morgan fingerprint density at radius 1 is 1.13 bits per heavy atom. The first kappa shape index (κ1) is 19.2. The fraction of sp³-hybridized carbons (Fsp3) is 0.895. The summed E-state index contributed by atoms with van der Waals surface area (Å²) in [5.41, 5.74) is 1.50. The van der Waals surface area contributed by atoms with Crippen LogP contribution in [0.1, 0.15) is 65.7 Å². The van der Waals surface area contributed by atoms with Crippen molar-refractivity contribution in [2.24, 2.45) is 0 Å². The van der Waals surface area contributed by atoms with Crippen molar-refractivity contribution in [3.05, 3.63) is 11.6 Å². The van der Waals surface area contributed by atoms with Crippen molar-refractivity contribution in [3.8, 4) is 0 Å². The van der Waals surface area contributed by atoms with Gasteiger partial charge in [0.25, 0.3) is 0 Å². The monoisotopic (exact) mass is 340 g/mol. The van der Waals surface area contributed by atoms with E-state index in [9.17, 15) is 0 Å². The molecule has 3 nitrogen and oxygen atoms in total. The molecule has 0 radical (unpaired) electrons. The maximum absolute atomic E-state index is 6.95. The van der Waals surface area contributed by atoms with Crippen LogP contribution >= 0.6 is 0 Å². The van der Waals surface area contributed by atoms with Gasteiger partial charge in [-0.15, -0.1) is 0 Å². The first-order valence-electron chi connectivity index (χ1n) is 9.73. The van der Waals surface area contributed by atoms with Gasteiger partial charge in [0.2, 0.25) is 0 Å². The molecule has 23 heavy (non-hydrogen) atoms. The summed E-state index contributed by atoms with van der Waals surface area (Å²) in [6.45, 7) is 6.93. The van der Waals surface area contributed by atoms with Gasteiger partial charge >= 0.3 is 0 Å². The van der Waals surface area contributed by atoms with E-state index in [-0.39, 0.29) is 18.5 Å². The second-order valence-corrected chi connectivity index (χ2v) is 11.8. The summed E-state index contributed by atoms with van der Waals surface area (Å²) < 4.78 is 18.7. The van der Waals surface area contributed by atoms with E-state index in [1.54, 1.807) is 7.11 Å². The Kier molecular flexibility index (Phi) is 7.79. The van der Waals surface area contributed by atoms with Crippen LogP contribution in [-0.4, -0.2) is 33.9 Å². The SMILES string of the molecule is CC[Si](CC)(CC)O[C@@H](C1=CCCCC1)[C@@H]1CCC[C@@H](OC)O1. The van der Waals surface area contributed by atoms with Gasteiger partial charge in [0.15, 0.2) is 14.6 Å². The van der Waals surface area contributed by atoms with Gasteiger partial charge in [-0.25, -0.2) is 0 Å². The third-order valence-electron chi connectivity index (χ3n) is 5.86. The topological polar surface area (TPSA) is 27.7 Å². The quantitative estimate of drug-likeness (QED) is 0.436. The summed E-state index contributed by atoms with van der Waals surface area (Å²) in [5.74, 6) is 0. The summed E-state index contributed by atoms with van der Waals surface area (Å²) in [5, 5.41) is 0. The van der Waals surface area contributed by atoms with E-state index < -0.39 is 8.32 Å². The third-order valence-corrected chi connectivity index (χ3v) is 10.5. The van der Waals surface area contributed by atoms with Crippen LogP contribution < -0.4 is 0 Å². The van der Waals surface area contributed by atoms with Crippen LogP contribution in [0.25, 0.3) is 0 Å². The largest absolute Gasteiger partial charge is 0.408 e. The fourth-order valence-corrected chi connectivity index (χ4v) is 6.84. The molecule has 4 heteroatoms. The van der Waals surface area contributed by atoms with Gasteiger partial charge in [0, 0.05) is 7.11 Å². The molecule has 1 fully saturated rings. The molecule has 0 N–H and O–H groups in total. The van der Waals surface area contributed by atoms with Crippen LogP contribution in [0.5, 0.6) is 0 Å². The van der Waals surface area contributed by atoms with Crippen LogP contribution in [0, 0.1) is 0 Å². The minimum atomic E-state index is -1.64. The Morgan fingerprint density at radius 3 is 2.43 bits per heavy atom. The minimum absolute atomic E-state index is 0.0509. The van der Waals surface area contributed by atoms with Gasteiger partial charge in [0.05, 0.1) is 12.2 Å². The summed E-state index contributed by atoms with van der Waals surface area (Å²) in [6, 6.07) is 3.60. The molecular formula is C19H36O3Si. The van der Waals surface area contributed by atoms with E-state index in [1.807, 2.05) is 0 Å². The van der Waals surface area contributed by atoms with Gasteiger partial charge < -0.3 is 13.9 Å². The normalized spacial score (nSPS) is 27.6. The number of ether oxygens (including phenoxy) is 2. The first-order valence-corrected chi connectivity index (χ1v) is 12.3. The molecule has 3 atom stereocenters. The van der Waals surface area contributed by atoms with Crippen molar-refractivity contribution < 1.29 is 13.9 Å². The molecule has 0 bridgehead atoms. The standard InChI is InChI=1S/C19H36O3Si/c1-5-23(6-2,7-3)22-19(16-12-9-8-10-13-16)17-14-11-15-18(20-4)21-17/h12,17-19H,5-11,13-15H2,1-4H3/t17-,18-,19-/m0/s1. The third kappa shape index (κ3) is 4.91. The molecule has 1 aliphatic heterocycles. The smallest absolute Gasteiger partial charge is 0.193 e. The summed E-state index contributed by atoms with van der Waals surface area (Å²) in [6.07, 6.45) is 11.0. The molecule has 1 aliphatic carbocycles. The minimum Gasteiger partial charge on any atom is -0.408 e. The number of rotatable bonds is 8. The summed E-state index contributed by atoms with van der Waals surface area (Å²) in [7, 11) is 0.114. The predicted octanol–water partition coefficient (Wildman–Crippen LogP) is 5.42. The number of hydrogen-bond acceptors (Lipinski definition) is 3. The molecule has 2 aliphatic rings. The molecule has 0 aromatic rings. The van der Waals surface area contributed by atoms with Crippen LogP contribution in [-0.2, 0) is 13.9 Å². The average Bonchev–Trinajstić information content (AvgIpc) is 2.64. The molecule has 1 heterocycles. The van der Waals surface area contributed by atoms with Crippen LogP contribution in [0.3, 0.4) is 0 Å². The second-order valence-electron chi connectivity index (χ2n) is 7.08. The molecule has 0 aromatic heterocycles. The molecule has 2 rings (SSSR count). The van der Waals surface area contributed by atoms with E-state index in [4.69, 9.17) is 13.9 Å². The van der Waals surface area contributed by atoms with Gasteiger partial charge in [0.1, 0.15) is 0 Å².